The summed E-state index contributed by atoms with van der Waals surface area (Å²) in [5.41, 5.74) is 4.22. The van der Waals surface area contributed by atoms with Crippen molar-refractivity contribution in [2.45, 2.75) is 0 Å². The normalized spacial score (nSPS) is 14.1. The lowest BCUT2D eigenvalue weighted by molar-refractivity contribution is -0.00000531. The van der Waals surface area contributed by atoms with Crippen LogP contribution in [0.2, 0.25) is 0 Å². The van der Waals surface area contributed by atoms with Crippen LogP contribution in [0.1, 0.15) is 0 Å². The van der Waals surface area contributed by atoms with Crippen LogP contribution in [0.15, 0.2) is 93.5 Å². The first-order chi connectivity index (χ1) is 13.2. The van der Waals surface area contributed by atoms with Gasteiger partial charge in [-0.25, -0.2) is 4.58 Å². The molecular weight excluding hydrogens is 480 g/mol. The fourth-order valence-electron chi connectivity index (χ4n) is 3.41. The summed E-state index contributed by atoms with van der Waals surface area (Å²) in [6.45, 7) is 0. The van der Waals surface area contributed by atoms with Gasteiger partial charge in [0, 0.05) is 16.7 Å². The number of fused-ring (bicyclic) bond motifs is 2. The number of guanidine groups is 1. The molecule has 0 aliphatic carbocycles. The topological polar surface area (TPSA) is 32.1 Å². The summed E-state index contributed by atoms with van der Waals surface area (Å²) in [6, 6.07) is 24.7. The number of benzene rings is 2. The molecule has 0 amide bonds. The Kier molecular flexibility index (Phi) is 5.00. The zero-order chi connectivity index (χ0) is 18.4. The standard InChI is InChI=1S/C22H16BrN4.BrH/c1-26-19-7-3-2-6-17(19)24-22(26)25-18-14-21(15-9-11-16(23)12-10-15)27-13-5-4-8-20(18)27;/h2-14H,1H3;1H/q+1;/p-1. The van der Waals surface area contributed by atoms with Gasteiger partial charge in [-0.3, -0.25) is 0 Å². The van der Waals surface area contributed by atoms with Crippen LogP contribution < -0.4 is 32.3 Å². The molecule has 0 saturated heterocycles. The minimum Gasteiger partial charge on any atom is -1.00 e. The maximum atomic E-state index is 4.89. The van der Waals surface area contributed by atoms with Gasteiger partial charge in [0.1, 0.15) is 5.36 Å². The van der Waals surface area contributed by atoms with Gasteiger partial charge in [0.25, 0.3) is 0 Å². The third-order valence-corrected chi connectivity index (χ3v) is 5.31. The van der Waals surface area contributed by atoms with E-state index in [1.54, 1.807) is 0 Å². The number of hydrogen-bond acceptors (Lipinski definition) is 1. The summed E-state index contributed by atoms with van der Waals surface area (Å²) >= 11 is 3.51. The largest absolute Gasteiger partial charge is 1.00 e. The van der Waals surface area contributed by atoms with E-state index in [0.717, 1.165) is 37.6 Å². The van der Waals surface area contributed by atoms with Gasteiger partial charge >= 0.3 is 5.96 Å². The Hall–Kier alpha value is -2.57. The van der Waals surface area contributed by atoms with E-state index >= 15 is 0 Å². The van der Waals surface area contributed by atoms with Crippen molar-refractivity contribution in [2.75, 3.05) is 7.05 Å². The average molecular weight is 496 g/mol. The third kappa shape index (κ3) is 3.12. The van der Waals surface area contributed by atoms with Crippen LogP contribution in [0, 0.1) is 0 Å². The monoisotopic (exact) mass is 494 g/mol. The molecule has 4 aromatic rings. The van der Waals surface area contributed by atoms with Crippen LogP contribution in [0.3, 0.4) is 0 Å². The number of halogens is 2. The van der Waals surface area contributed by atoms with Crippen LogP contribution in [0.5, 0.6) is 0 Å². The number of aromatic nitrogens is 1. The Labute approximate surface area is 181 Å². The van der Waals surface area contributed by atoms with Gasteiger partial charge in [0.05, 0.1) is 18.3 Å². The number of nitrogens with zero attached hydrogens (tertiary/aromatic N) is 4. The van der Waals surface area contributed by atoms with Crippen LogP contribution in [-0.4, -0.2) is 17.4 Å². The van der Waals surface area contributed by atoms with Gasteiger partial charge in [-0.1, -0.05) is 56.2 Å². The van der Waals surface area contributed by atoms with Crippen molar-refractivity contribution in [1.29, 1.82) is 0 Å². The highest BCUT2D eigenvalue weighted by Gasteiger charge is 2.21. The molecule has 0 radical (unpaired) electrons. The van der Waals surface area contributed by atoms with Crippen molar-refractivity contribution in [1.82, 2.24) is 8.98 Å². The fourth-order valence-corrected chi connectivity index (χ4v) is 3.67. The molecule has 0 spiro atoms. The average Bonchev–Trinajstić information content (AvgIpc) is 3.22. The van der Waals surface area contributed by atoms with Gasteiger partial charge in [-0.15, -0.1) is 0 Å². The van der Waals surface area contributed by atoms with Gasteiger partial charge < -0.3 is 21.4 Å². The van der Waals surface area contributed by atoms with E-state index in [-0.39, 0.29) is 17.0 Å². The highest BCUT2D eigenvalue weighted by atomic mass is 79.9. The van der Waals surface area contributed by atoms with Gasteiger partial charge in [0.15, 0.2) is 11.0 Å². The Morgan fingerprint density at radius 2 is 1.71 bits per heavy atom. The molecule has 1 aliphatic heterocycles. The van der Waals surface area contributed by atoms with Crippen LogP contribution in [0.4, 0.5) is 5.69 Å². The first-order valence-corrected chi connectivity index (χ1v) is 9.49. The second kappa shape index (κ2) is 7.45. The first kappa shape index (κ1) is 18.8. The van der Waals surface area contributed by atoms with E-state index < -0.39 is 0 Å². The highest BCUT2D eigenvalue weighted by molar-refractivity contribution is 9.10. The number of hydrogen-bond donors (Lipinski definition) is 0. The molecule has 0 N–H and O–H groups in total. The quantitative estimate of drug-likeness (QED) is 0.369. The minimum atomic E-state index is 0. The van der Waals surface area contributed by atoms with E-state index in [1.165, 1.54) is 0 Å². The first-order valence-electron chi connectivity index (χ1n) is 8.70. The van der Waals surface area contributed by atoms with Crippen molar-refractivity contribution < 1.29 is 17.0 Å². The molecule has 0 unspecified atom stereocenters. The van der Waals surface area contributed by atoms with Crippen LogP contribution in [0.25, 0.3) is 16.8 Å². The van der Waals surface area contributed by atoms with Crippen molar-refractivity contribution in [3.05, 3.63) is 94.2 Å². The lowest BCUT2D eigenvalue weighted by atomic mass is 10.1. The molecule has 3 heterocycles. The van der Waals surface area contributed by atoms with Crippen LogP contribution in [-0.2, 0) is 0 Å². The van der Waals surface area contributed by atoms with E-state index in [0.29, 0.717) is 5.96 Å². The molecule has 0 atom stereocenters. The summed E-state index contributed by atoms with van der Waals surface area (Å²) in [5, 5.41) is 2.03. The molecule has 2 aromatic carbocycles. The van der Waals surface area contributed by atoms with E-state index in [4.69, 9.17) is 4.99 Å². The molecule has 2 aromatic heterocycles. The third-order valence-electron chi connectivity index (χ3n) is 4.78. The molecule has 6 heteroatoms. The van der Waals surface area contributed by atoms with E-state index in [9.17, 15) is 0 Å². The summed E-state index contributed by atoms with van der Waals surface area (Å²) in [5.74, 6) is 0.704. The molecule has 0 fully saturated rings. The maximum Gasteiger partial charge on any atom is 0.434 e. The van der Waals surface area contributed by atoms with Crippen LogP contribution >= 0.6 is 15.9 Å². The highest BCUT2D eigenvalue weighted by Crippen LogP contribution is 2.32. The lowest BCUT2D eigenvalue weighted by Crippen LogP contribution is -3.00. The maximum absolute atomic E-state index is 4.89. The molecule has 28 heavy (non-hydrogen) atoms. The summed E-state index contributed by atoms with van der Waals surface area (Å²) < 4.78 is 5.27. The Balaban J connectivity index is 0.00000192. The fraction of sp³-hybridized carbons (Fsp3) is 0.0455. The SMILES string of the molecule is C[N+]1=c2ccccc2=N/C1=N\c1cc(-c2ccc(Br)cc2)n2ccccc12.[Br-]. The molecule has 0 saturated carbocycles. The number of aliphatic imine (C=N–C) groups is 1. The van der Waals surface area contributed by atoms with Crippen molar-refractivity contribution in [3.8, 4) is 11.3 Å². The predicted octanol–water partition coefficient (Wildman–Crippen LogP) is 0.815. The molecule has 5 rings (SSSR count). The summed E-state index contributed by atoms with van der Waals surface area (Å²) in [4.78, 5) is 9.58. The lowest BCUT2D eigenvalue weighted by Gasteiger charge is -2.02. The molecule has 4 nitrogen and oxygen atoms in total. The summed E-state index contributed by atoms with van der Waals surface area (Å²) in [7, 11) is 2.00. The molecular formula is C22H16Br2N4. The summed E-state index contributed by atoms with van der Waals surface area (Å²) in [6.07, 6.45) is 2.07. The molecule has 0 bridgehead atoms. The number of rotatable bonds is 2. The van der Waals surface area contributed by atoms with Crippen molar-refractivity contribution in [3.63, 3.8) is 0 Å². The number of para-hydroxylation sites is 2. The van der Waals surface area contributed by atoms with Crippen molar-refractivity contribution >= 4 is 33.1 Å². The van der Waals surface area contributed by atoms with Gasteiger partial charge in [-0.2, -0.15) is 0 Å². The van der Waals surface area contributed by atoms with E-state index in [1.807, 2.05) is 42.0 Å². The van der Waals surface area contributed by atoms with E-state index in [2.05, 4.69) is 74.0 Å². The second-order valence-electron chi connectivity index (χ2n) is 6.45. The molecule has 1 aliphatic rings. The Morgan fingerprint density at radius 1 is 0.964 bits per heavy atom. The zero-order valence-corrected chi connectivity index (χ0v) is 18.2. The van der Waals surface area contributed by atoms with Crippen molar-refractivity contribution in [2.24, 2.45) is 9.98 Å². The number of pyridine rings is 1. The Morgan fingerprint density at radius 3 is 2.50 bits per heavy atom. The smallest absolute Gasteiger partial charge is 0.434 e. The molecule has 138 valence electrons. The zero-order valence-electron chi connectivity index (χ0n) is 15.1. The van der Waals surface area contributed by atoms with Gasteiger partial charge in [0.2, 0.25) is 0 Å². The Bertz CT molecular complexity index is 1340. The van der Waals surface area contributed by atoms with Gasteiger partial charge in [-0.05, 0) is 42.0 Å². The minimum absolute atomic E-state index is 0. The predicted molar refractivity (Wildman–Crippen MR) is 112 cm³/mol. The second-order valence-corrected chi connectivity index (χ2v) is 7.36.